The van der Waals surface area contributed by atoms with Gasteiger partial charge < -0.3 is 4.57 Å². The highest BCUT2D eigenvalue weighted by molar-refractivity contribution is 6.10. The topological polar surface area (TPSA) is 30.7 Å². The summed E-state index contributed by atoms with van der Waals surface area (Å²) in [5.41, 5.74) is 10.3. The maximum Gasteiger partial charge on any atom is 0.160 e. The van der Waals surface area contributed by atoms with Gasteiger partial charge in [0.1, 0.15) is 0 Å². The minimum atomic E-state index is -0.445. The van der Waals surface area contributed by atoms with Gasteiger partial charge in [-0.1, -0.05) is 170 Å². The lowest BCUT2D eigenvalue weighted by Crippen LogP contribution is -1.96. The van der Waals surface area contributed by atoms with Crippen molar-refractivity contribution in [2.24, 2.45) is 0 Å². The number of hydrogen-bond acceptors (Lipinski definition) is 2. The predicted octanol–water partition coefficient (Wildman–Crippen LogP) is 13.1. The second-order valence-electron chi connectivity index (χ2n) is 13.0. The first-order valence-corrected chi connectivity index (χ1v) is 17.6. The van der Waals surface area contributed by atoms with Crippen molar-refractivity contribution in [3.05, 3.63) is 200 Å². The van der Waals surface area contributed by atoms with E-state index in [1.54, 1.807) is 6.07 Å². The second-order valence-corrected chi connectivity index (χ2v) is 13.0. The van der Waals surface area contributed by atoms with Gasteiger partial charge in [-0.2, -0.15) is 0 Å². The summed E-state index contributed by atoms with van der Waals surface area (Å²) in [4.78, 5) is 9.79. The van der Waals surface area contributed by atoms with Gasteiger partial charge in [-0.15, -0.1) is 0 Å². The van der Waals surface area contributed by atoms with Crippen molar-refractivity contribution in [1.82, 2.24) is 14.5 Å². The molecule has 0 aliphatic carbocycles. The lowest BCUT2D eigenvalue weighted by atomic mass is 9.92. The molecule has 0 amide bonds. The Morgan fingerprint density at radius 1 is 0.377 bits per heavy atom. The van der Waals surface area contributed by atoms with Crippen LogP contribution in [-0.4, -0.2) is 14.5 Å². The molecule has 53 heavy (non-hydrogen) atoms. The van der Waals surface area contributed by atoms with E-state index in [-0.39, 0.29) is 23.3 Å². The highest BCUT2D eigenvalue weighted by Gasteiger charge is 2.16. The van der Waals surface area contributed by atoms with Crippen molar-refractivity contribution in [2.75, 3.05) is 0 Å². The zero-order valence-corrected chi connectivity index (χ0v) is 28.5. The molecule has 0 fully saturated rings. The van der Waals surface area contributed by atoms with Crippen LogP contribution in [0.4, 0.5) is 0 Å². The van der Waals surface area contributed by atoms with Gasteiger partial charge in [0.2, 0.25) is 0 Å². The molecule has 10 rings (SSSR count). The van der Waals surface area contributed by atoms with Gasteiger partial charge in [0.15, 0.2) is 5.82 Å². The van der Waals surface area contributed by atoms with Crippen LogP contribution in [0.25, 0.3) is 94.4 Å². The van der Waals surface area contributed by atoms with E-state index in [4.69, 9.17) is 16.8 Å². The molecule has 0 bridgehead atoms. The van der Waals surface area contributed by atoms with E-state index in [1.165, 1.54) is 16.3 Å². The Morgan fingerprint density at radius 3 is 1.74 bits per heavy atom. The number of fused-ring (bicyclic) bond motifs is 4. The van der Waals surface area contributed by atoms with Crippen LogP contribution in [0, 0.1) is 0 Å². The number of para-hydroxylation sites is 2. The van der Waals surface area contributed by atoms with Gasteiger partial charge in [-0.25, -0.2) is 9.97 Å². The third kappa shape index (κ3) is 5.47. The summed E-state index contributed by atoms with van der Waals surface area (Å²) in [6.07, 6.45) is 0. The van der Waals surface area contributed by atoms with Gasteiger partial charge in [-0.05, 0) is 63.4 Å². The van der Waals surface area contributed by atoms with Crippen LogP contribution in [0.15, 0.2) is 200 Å². The lowest BCUT2D eigenvalue weighted by molar-refractivity contribution is 1.18. The van der Waals surface area contributed by atoms with Crippen molar-refractivity contribution >= 4 is 32.6 Å². The highest BCUT2D eigenvalue weighted by Crippen LogP contribution is 2.39. The summed E-state index contributed by atoms with van der Waals surface area (Å²) in [6.45, 7) is 0. The minimum Gasteiger partial charge on any atom is -0.309 e. The molecule has 3 nitrogen and oxygen atoms in total. The second kappa shape index (κ2) is 12.9. The molecule has 0 aliphatic rings. The largest absolute Gasteiger partial charge is 0.309 e. The molecule has 0 radical (unpaired) electrons. The molecular weight excluding hydrogens is 643 g/mol. The summed E-state index contributed by atoms with van der Waals surface area (Å²) >= 11 is 0. The van der Waals surface area contributed by atoms with Crippen LogP contribution in [0.5, 0.6) is 0 Å². The number of benzene rings is 8. The fourth-order valence-corrected chi connectivity index (χ4v) is 7.43. The van der Waals surface area contributed by atoms with E-state index >= 15 is 0 Å². The normalized spacial score (nSPS) is 12.7. The van der Waals surface area contributed by atoms with E-state index < -0.39 is 18.1 Å². The molecule has 0 spiro atoms. The van der Waals surface area contributed by atoms with E-state index in [0.717, 1.165) is 55.4 Å². The summed E-state index contributed by atoms with van der Waals surface area (Å²) in [6, 6.07) is 56.2. The zero-order valence-electron chi connectivity index (χ0n) is 33.5. The Balaban J connectivity index is 1.08. The van der Waals surface area contributed by atoms with Crippen LogP contribution in [0.3, 0.4) is 0 Å². The fraction of sp³-hybridized carbons (Fsp3) is 0. The molecule has 0 saturated heterocycles. The average Bonchev–Trinajstić information content (AvgIpc) is 3.61. The summed E-state index contributed by atoms with van der Waals surface area (Å²) < 4.78 is 44.6. The van der Waals surface area contributed by atoms with Gasteiger partial charge in [0.25, 0.3) is 0 Å². The Morgan fingerprint density at radius 2 is 0.962 bits per heavy atom. The summed E-state index contributed by atoms with van der Waals surface area (Å²) in [5, 5.41) is 4.44. The molecule has 3 heteroatoms. The van der Waals surface area contributed by atoms with Crippen LogP contribution in [0.2, 0.25) is 0 Å². The molecule has 0 saturated carbocycles. The molecule has 0 unspecified atom stereocenters. The molecule has 0 N–H and O–H groups in total. The Bertz CT molecular complexity index is 3190. The van der Waals surface area contributed by atoms with E-state index in [2.05, 4.69) is 114 Å². The van der Waals surface area contributed by atoms with Crippen molar-refractivity contribution in [3.8, 4) is 61.8 Å². The average molecular weight is 681 g/mol. The molecule has 2 aromatic heterocycles. The van der Waals surface area contributed by atoms with E-state index in [1.807, 2.05) is 54.6 Å². The van der Waals surface area contributed by atoms with Crippen LogP contribution < -0.4 is 0 Å². The number of nitrogens with zero attached hydrogens (tertiary/aromatic N) is 3. The van der Waals surface area contributed by atoms with Gasteiger partial charge in [0, 0.05) is 33.2 Å². The molecule has 0 aliphatic heterocycles. The monoisotopic (exact) mass is 680 g/mol. The molecule has 2 heterocycles. The maximum absolute atomic E-state index is 8.72. The van der Waals surface area contributed by atoms with Gasteiger partial charge >= 0.3 is 0 Å². The third-order valence-electron chi connectivity index (χ3n) is 9.93. The highest BCUT2D eigenvalue weighted by atomic mass is 15.0. The Hall–Kier alpha value is -7.10. The Labute approximate surface area is 315 Å². The van der Waals surface area contributed by atoms with Crippen molar-refractivity contribution < 1.29 is 6.85 Å². The third-order valence-corrected chi connectivity index (χ3v) is 9.93. The van der Waals surface area contributed by atoms with E-state index in [9.17, 15) is 0 Å². The molecule has 10 aromatic rings. The maximum atomic E-state index is 8.72. The van der Waals surface area contributed by atoms with Gasteiger partial charge in [-0.3, -0.25) is 0 Å². The summed E-state index contributed by atoms with van der Waals surface area (Å²) in [7, 11) is 0. The quantitative estimate of drug-likeness (QED) is 0.175. The smallest absolute Gasteiger partial charge is 0.160 e. The molecule has 8 aromatic carbocycles. The number of rotatable bonds is 6. The molecule has 0 atom stereocenters. The molecular formula is C50H33N3. The first-order valence-electron chi connectivity index (χ1n) is 20.1. The van der Waals surface area contributed by atoms with Crippen molar-refractivity contribution in [2.45, 2.75) is 0 Å². The molecule has 248 valence electrons. The van der Waals surface area contributed by atoms with Crippen molar-refractivity contribution in [1.29, 1.82) is 0 Å². The predicted molar refractivity (Wildman–Crippen MR) is 221 cm³/mol. The van der Waals surface area contributed by atoms with Crippen LogP contribution in [0.1, 0.15) is 6.85 Å². The van der Waals surface area contributed by atoms with Crippen molar-refractivity contribution in [3.63, 3.8) is 0 Å². The first-order chi connectivity index (χ1) is 28.4. The van der Waals surface area contributed by atoms with Crippen LogP contribution >= 0.6 is 0 Å². The van der Waals surface area contributed by atoms with E-state index in [0.29, 0.717) is 11.5 Å². The number of aromatic nitrogens is 3. The fourth-order valence-electron chi connectivity index (χ4n) is 7.43. The van der Waals surface area contributed by atoms with Crippen LogP contribution in [-0.2, 0) is 0 Å². The number of hydrogen-bond donors (Lipinski definition) is 0. The van der Waals surface area contributed by atoms with Gasteiger partial charge in [0.05, 0.1) is 29.3 Å². The zero-order chi connectivity index (χ0) is 39.5. The Kier molecular flexibility index (Phi) is 6.28. The first kappa shape index (κ1) is 25.8. The lowest BCUT2D eigenvalue weighted by Gasteiger charge is -2.14. The SMILES string of the molecule is [2H]c1c([2H])c([2H])c(-c2cc(-c3ccc(-c4ccc(-c5ccc6c7ccccc7n(-c7ccccc7)c6c5)cc4)c4ccccc34)nc(-c3ccccc3)n2)c([2H])c1[2H]. The standard InChI is InChI=1S/C50H33N3/c1-4-14-36(15-5-1)46-33-47(52-50(51-46)37-16-6-2-7-17-37)43-31-30-40(41-20-10-11-21-42(41)43)35-26-24-34(25-27-35)38-28-29-45-44-22-12-13-23-48(44)53(49(45)32-38)39-18-8-3-9-19-39/h1-33H/i1D,4D,5D,14D,15D. The summed E-state index contributed by atoms with van der Waals surface area (Å²) in [5.74, 6) is 0.394. The minimum absolute atomic E-state index is 0.0357.